The van der Waals surface area contributed by atoms with Crippen molar-refractivity contribution < 1.29 is 14.7 Å². The monoisotopic (exact) mass is 537 g/mol. The van der Waals surface area contributed by atoms with E-state index in [1.807, 2.05) is 70.5 Å². The summed E-state index contributed by atoms with van der Waals surface area (Å²) in [6.45, 7) is 9.95. The minimum atomic E-state index is -1.05. The second-order valence-electron chi connectivity index (χ2n) is 10.4. The van der Waals surface area contributed by atoms with Gasteiger partial charge in [0.2, 0.25) is 5.91 Å². The van der Waals surface area contributed by atoms with Crippen molar-refractivity contribution in [1.29, 1.82) is 0 Å². The lowest BCUT2D eigenvalue weighted by atomic mass is 9.90. The van der Waals surface area contributed by atoms with Crippen LogP contribution < -0.4 is 5.32 Å². The van der Waals surface area contributed by atoms with E-state index in [2.05, 4.69) is 19.7 Å². The Labute approximate surface area is 224 Å². The highest BCUT2D eigenvalue weighted by Crippen LogP contribution is 2.36. The van der Waals surface area contributed by atoms with Gasteiger partial charge in [0.15, 0.2) is 0 Å². The van der Waals surface area contributed by atoms with Gasteiger partial charge in [0.05, 0.1) is 39.8 Å². The fraction of sp³-hybridized carbons (Fsp3) is 0.444. The van der Waals surface area contributed by atoms with Gasteiger partial charge in [0, 0.05) is 17.8 Å². The molecule has 2 amide bonds. The van der Waals surface area contributed by atoms with E-state index in [0.29, 0.717) is 12.3 Å². The van der Waals surface area contributed by atoms with Crippen molar-refractivity contribution in [2.75, 3.05) is 6.54 Å². The first-order valence-corrected chi connectivity index (χ1v) is 14.1. The van der Waals surface area contributed by atoms with E-state index in [1.165, 1.54) is 11.5 Å². The molecule has 0 aliphatic carbocycles. The Bertz CT molecular complexity index is 1360. The van der Waals surface area contributed by atoms with Crippen molar-refractivity contribution in [3.05, 3.63) is 57.7 Å². The van der Waals surface area contributed by atoms with Crippen molar-refractivity contribution in [3.8, 4) is 10.4 Å². The molecule has 2 N–H and O–H groups in total. The fourth-order valence-electron chi connectivity index (χ4n) is 5.21. The average molecular weight is 538 g/mol. The molecule has 0 bridgehead atoms. The van der Waals surface area contributed by atoms with Crippen LogP contribution in [0.25, 0.3) is 10.4 Å². The van der Waals surface area contributed by atoms with E-state index in [0.717, 1.165) is 32.3 Å². The van der Waals surface area contributed by atoms with Gasteiger partial charge in [-0.2, -0.15) is 9.37 Å². The summed E-state index contributed by atoms with van der Waals surface area (Å²) < 4.78 is 4.37. The van der Waals surface area contributed by atoms with Gasteiger partial charge in [-0.15, -0.1) is 11.3 Å². The number of aryl methyl sites for hydroxylation is 2. The van der Waals surface area contributed by atoms with Gasteiger partial charge >= 0.3 is 0 Å². The van der Waals surface area contributed by atoms with Crippen molar-refractivity contribution in [1.82, 2.24) is 19.6 Å². The number of carbonyl (C=O) groups is 2. The summed E-state index contributed by atoms with van der Waals surface area (Å²) in [5.41, 5.74) is 4.47. The zero-order valence-corrected chi connectivity index (χ0v) is 23.2. The van der Waals surface area contributed by atoms with Gasteiger partial charge in [0.25, 0.3) is 5.91 Å². The first kappa shape index (κ1) is 25.7. The second kappa shape index (κ2) is 9.74. The van der Waals surface area contributed by atoms with Crippen molar-refractivity contribution in [3.63, 3.8) is 0 Å². The Morgan fingerprint density at radius 2 is 1.97 bits per heavy atom. The molecular weight excluding hydrogens is 506 g/mol. The Kier molecular flexibility index (Phi) is 6.76. The number of carbonyl (C=O) groups excluding carboxylic acids is 2. The van der Waals surface area contributed by atoms with Crippen LogP contribution in [0.3, 0.4) is 0 Å². The first-order chi connectivity index (χ1) is 17.6. The normalized spacial score (nSPS) is 24.5. The molecule has 5 rings (SSSR count). The standard InChI is InChI=1S/C27H31N5O3S2/c1-14(2)22(21-10-15(3)31-37-21)25(34)32-12-19(33)11-20(32)24-29-26(35)27(5,30-24)18-8-6-17(7-9-18)23-16(4)28-13-36-23/h6-10,13-14,19-20,22,33H,11-12H2,1-5H3,(H,29,30,35)/t19-,20+,22-,27+/m1/s1. The summed E-state index contributed by atoms with van der Waals surface area (Å²) >= 11 is 2.93. The molecule has 0 saturated carbocycles. The van der Waals surface area contributed by atoms with Gasteiger partial charge in [0.1, 0.15) is 11.4 Å². The molecule has 4 atom stereocenters. The topological polar surface area (TPSA) is 108 Å². The highest BCUT2D eigenvalue weighted by atomic mass is 32.1. The summed E-state index contributed by atoms with van der Waals surface area (Å²) in [5, 5.41) is 13.9. The van der Waals surface area contributed by atoms with Gasteiger partial charge in [-0.3, -0.25) is 9.59 Å². The molecule has 0 unspecified atom stereocenters. The number of rotatable bonds is 6. The number of aliphatic imine (C=N–C) groups is 1. The van der Waals surface area contributed by atoms with Crippen LogP contribution in [-0.2, 0) is 15.1 Å². The number of nitrogens with one attached hydrogen (secondary N) is 1. The van der Waals surface area contributed by atoms with Crippen LogP contribution in [-0.4, -0.2) is 55.7 Å². The largest absolute Gasteiger partial charge is 0.391 e. The maximum atomic E-state index is 13.8. The summed E-state index contributed by atoms with van der Waals surface area (Å²) in [6, 6.07) is 9.32. The van der Waals surface area contributed by atoms with E-state index in [-0.39, 0.29) is 30.2 Å². The molecule has 4 heterocycles. The quantitative estimate of drug-likeness (QED) is 0.492. The average Bonchev–Trinajstić information content (AvgIpc) is 3.62. The summed E-state index contributed by atoms with van der Waals surface area (Å²) in [6.07, 6.45) is -0.352. The molecule has 194 valence electrons. The number of likely N-dealkylation sites (tertiary alicyclic amines) is 1. The Morgan fingerprint density at radius 1 is 1.24 bits per heavy atom. The predicted octanol–water partition coefficient (Wildman–Crippen LogP) is 4.03. The number of nitrogens with zero attached hydrogens (tertiary/aromatic N) is 4. The molecule has 37 heavy (non-hydrogen) atoms. The van der Waals surface area contributed by atoms with Crippen LogP contribution in [0, 0.1) is 19.8 Å². The minimum Gasteiger partial charge on any atom is -0.391 e. The summed E-state index contributed by atoms with van der Waals surface area (Å²) in [7, 11) is 0. The fourth-order valence-corrected chi connectivity index (χ4v) is 7.03. The summed E-state index contributed by atoms with van der Waals surface area (Å²) in [4.78, 5) is 39.4. The maximum absolute atomic E-state index is 13.8. The summed E-state index contributed by atoms with van der Waals surface area (Å²) in [5.74, 6) is -0.267. The number of β-amino-alcohol motifs (C(OH)–C–C–N with tert-alkyl or cyclic N) is 1. The maximum Gasteiger partial charge on any atom is 0.277 e. The highest BCUT2D eigenvalue weighted by Gasteiger charge is 2.48. The molecule has 8 nitrogen and oxygen atoms in total. The van der Waals surface area contributed by atoms with Crippen molar-refractivity contribution >= 4 is 40.5 Å². The number of hydrogen-bond acceptors (Lipinski definition) is 8. The number of aromatic nitrogens is 2. The lowest BCUT2D eigenvalue weighted by Crippen LogP contribution is -2.51. The van der Waals surface area contributed by atoms with E-state index in [1.54, 1.807) is 16.2 Å². The molecule has 0 spiro atoms. The van der Waals surface area contributed by atoms with E-state index in [9.17, 15) is 14.7 Å². The number of aliphatic hydroxyl groups excluding tert-OH is 1. The second-order valence-corrected chi connectivity index (χ2v) is 12.1. The van der Waals surface area contributed by atoms with E-state index >= 15 is 0 Å². The lowest BCUT2D eigenvalue weighted by molar-refractivity contribution is -0.134. The first-order valence-electron chi connectivity index (χ1n) is 12.4. The molecule has 2 aliphatic heterocycles. The number of thiazole rings is 1. The Hall–Kier alpha value is -2.95. The van der Waals surface area contributed by atoms with Crippen molar-refractivity contribution in [2.45, 2.75) is 64.6 Å². The van der Waals surface area contributed by atoms with Crippen molar-refractivity contribution in [2.24, 2.45) is 10.9 Å². The lowest BCUT2D eigenvalue weighted by Gasteiger charge is -2.31. The Morgan fingerprint density at radius 3 is 2.57 bits per heavy atom. The molecule has 0 radical (unpaired) electrons. The SMILES string of the molecule is Cc1cc([C@H](C(=O)N2C[C@H](O)C[C@H]2C2=NC(=O)[C@](C)(c3ccc(-c4scnc4C)cc3)N2)C(C)C)sn1. The van der Waals surface area contributed by atoms with E-state index in [4.69, 9.17) is 0 Å². The highest BCUT2D eigenvalue weighted by molar-refractivity contribution is 7.13. The number of amidine groups is 1. The number of benzene rings is 1. The van der Waals surface area contributed by atoms with Gasteiger partial charge in [-0.1, -0.05) is 38.1 Å². The molecule has 1 aromatic carbocycles. The van der Waals surface area contributed by atoms with Crippen LogP contribution >= 0.6 is 22.9 Å². The third kappa shape index (κ3) is 4.62. The van der Waals surface area contributed by atoms with Crippen LogP contribution in [0.2, 0.25) is 0 Å². The van der Waals surface area contributed by atoms with Gasteiger partial charge in [-0.25, -0.2) is 4.98 Å². The molecular formula is C27H31N5O3S2. The molecule has 3 aromatic rings. The third-order valence-corrected chi connectivity index (χ3v) is 9.20. The van der Waals surface area contributed by atoms with Gasteiger partial charge in [-0.05, 0) is 55.4 Å². The molecule has 1 fully saturated rings. The van der Waals surface area contributed by atoms with Crippen LogP contribution in [0.4, 0.5) is 0 Å². The van der Waals surface area contributed by atoms with Crippen LogP contribution in [0.5, 0.6) is 0 Å². The van der Waals surface area contributed by atoms with Crippen LogP contribution in [0.15, 0.2) is 40.8 Å². The minimum absolute atomic E-state index is 0.0526. The zero-order chi connectivity index (χ0) is 26.5. The predicted molar refractivity (Wildman–Crippen MR) is 146 cm³/mol. The molecule has 2 aromatic heterocycles. The van der Waals surface area contributed by atoms with Crippen LogP contribution in [0.1, 0.15) is 54.9 Å². The zero-order valence-electron chi connectivity index (χ0n) is 21.6. The number of hydrogen-bond donors (Lipinski definition) is 2. The van der Waals surface area contributed by atoms with Gasteiger partial charge < -0.3 is 15.3 Å². The number of aliphatic hydroxyl groups is 1. The smallest absolute Gasteiger partial charge is 0.277 e. The van der Waals surface area contributed by atoms with E-state index < -0.39 is 17.7 Å². The third-order valence-electron chi connectivity index (χ3n) is 7.26. The Balaban J connectivity index is 1.39. The molecule has 2 aliphatic rings. The molecule has 10 heteroatoms. The number of amides is 2. The molecule has 1 saturated heterocycles.